The summed E-state index contributed by atoms with van der Waals surface area (Å²) >= 11 is 0. The van der Waals surface area contributed by atoms with Crippen LogP contribution in [-0.4, -0.2) is 18.0 Å². The van der Waals surface area contributed by atoms with Crippen molar-refractivity contribution in [1.29, 1.82) is 0 Å². The largest absolute Gasteiger partial charge is 0.501 e. The van der Waals surface area contributed by atoms with Crippen molar-refractivity contribution in [3.05, 3.63) is 138 Å². The number of nitrogens with zero attached hydrogens (tertiary/aromatic N) is 2. The molecule has 7 aromatic rings. The van der Waals surface area contributed by atoms with Crippen LogP contribution in [-0.2, 0) is 26.5 Å². The molecule has 1 fully saturated rings. The molecule has 3 heterocycles. The summed E-state index contributed by atoms with van der Waals surface area (Å²) in [5, 5.41) is 3.73. The first-order valence-corrected chi connectivity index (χ1v) is 22.4. The second-order valence-electron chi connectivity index (χ2n) is 15.9. The Bertz CT molecular complexity index is 2310. The van der Waals surface area contributed by atoms with E-state index < -0.39 is 8.07 Å². The summed E-state index contributed by atoms with van der Waals surface area (Å²) in [6.45, 7) is 16.0. The fourth-order valence-corrected chi connectivity index (χ4v) is 9.60. The molecule has 1 aliphatic carbocycles. The number of benzene rings is 4. The number of rotatable bonds is 7. The van der Waals surface area contributed by atoms with Crippen LogP contribution in [0.4, 0.5) is 0 Å². The van der Waals surface area contributed by atoms with Crippen LogP contribution in [0.5, 0.6) is 0 Å². The van der Waals surface area contributed by atoms with Crippen molar-refractivity contribution >= 4 is 35.2 Å². The van der Waals surface area contributed by atoms with Gasteiger partial charge in [-0.25, -0.2) is 0 Å². The summed E-state index contributed by atoms with van der Waals surface area (Å²) in [4.78, 5) is 9.36. The average molecular weight is 891 g/mol. The molecule has 53 heavy (non-hydrogen) atoms. The Morgan fingerprint density at radius 2 is 1.57 bits per heavy atom. The monoisotopic (exact) mass is 891 g/mol. The van der Waals surface area contributed by atoms with Crippen LogP contribution in [0.1, 0.15) is 67.7 Å². The third-order valence-electron chi connectivity index (χ3n) is 10.6. The predicted octanol–water partition coefficient (Wildman–Crippen LogP) is 12.7. The van der Waals surface area contributed by atoms with E-state index >= 15 is 0 Å². The van der Waals surface area contributed by atoms with Gasteiger partial charge in [0.15, 0.2) is 0 Å². The Hall–Kier alpha value is -4.15. The van der Waals surface area contributed by atoms with Crippen molar-refractivity contribution in [2.75, 3.05) is 0 Å². The number of aryl methyl sites for hydroxylation is 2. The second-order valence-corrected chi connectivity index (χ2v) is 21.0. The summed E-state index contributed by atoms with van der Waals surface area (Å²) < 4.78 is 6.48. The first-order valence-electron chi connectivity index (χ1n) is 18.9. The van der Waals surface area contributed by atoms with Gasteiger partial charge in [0.05, 0.1) is 13.7 Å². The number of hydrogen-bond donors (Lipinski definition) is 0. The van der Waals surface area contributed by atoms with Gasteiger partial charge in [-0.05, 0) is 83.1 Å². The van der Waals surface area contributed by atoms with Gasteiger partial charge < -0.3 is 14.4 Å². The minimum absolute atomic E-state index is 0. The van der Waals surface area contributed by atoms with E-state index in [1.54, 1.807) is 0 Å². The Balaban J connectivity index is 0.000000206. The molecular formula is C48H50IrN2OSi-2. The Morgan fingerprint density at radius 1 is 0.792 bits per heavy atom. The van der Waals surface area contributed by atoms with Crippen LogP contribution < -0.4 is 5.19 Å². The van der Waals surface area contributed by atoms with Gasteiger partial charge in [-0.15, -0.1) is 54.1 Å². The molecule has 0 aliphatic heterocycles. The molecule has 0 saturated heterocycles. The van der Waals surface area contributed by atoms with Crippen LogP contribution in [0.25, 0.3) is 55.6 Å². The zero-order valence-electron chi connectivity index (χ0n) is 32.1. The van der Waals surface area contributed by atoms with Crippen molar-refractivity contribution in [2.24, 2.45) is 5.92 Å². The molecule has 0 unspecified atom stereocenters. The number of aromatic nitrogens is 2. The molecular weight excluding hydrogens is 841 g/mol. The molecule has 0 spiro atoms. The number of fused-ring (bicyclic) bond motifs is 3. The summed E-state index contributed by atoms with van der Waals surface area (Å²) in [7, 11) is -1.34. The molecule has 1 saturated carbocycles. The van der Waals surface area contributed by atoms with E-state index in [0.717, 1.165) is 56.8 Å². The van der Waals surface area contributed by atoms with Crippen molar-refractivity contribution in [3.63, 3.8) is 0 Å². The number of pyridine rings is 2. The van der Waals surface area contributed by atoms with E-state index in [-0.39, 0.29) is 20.1 Å². The molecule has 8 rings (SSSR count). The molecule has 0 bridgehead atoms. The second kappa shape index (κ2) is 16.5. The quantitative estimate of drug-likeness (QED) is 0.118. The minimum Gasteiger partial charge on any atom is -0.501 e. The molecule has 0 N–H and O–H groups in total. The van der Waals surface area contributed by atoms with Crippen LogP contribution in [0.15, 0.2) is 108 Å². The van der Waals surface area contributed by atoms with Gasteiger partial charge in [-0.2, -0.15) is 0 Å². The van der Waals surface area contributed by atoms with E-state index in [9.17, 15) is 0 Å². The summed E-state index contributed by atoms with van der Waals surface area (Å²) in [6, 6.07) is 38.5. The van der Waals surface area contributed by atoms with E-state index in [4.69, 9.17) is 9.40 Å². The molecule has 3 aromatic heterocycles. The molecule has 0 amide bonds. The van der Waals surface area contributed by atoms with Crippen LogP contribution >= 0.6 is 0 Å². The normalized spacial score (nSPS) is 13.3. The maximum atomic E-state index is 6.48. The van der Waals surface area contributed by atoms with Gasteiger partial charge in [0.25, 0.3) is 0 Å². The first kappa shape index (κ1) is 38.6. The summed E-state index contributed by atoms with van der Waals surface area (Å²) in [5.74, 6) is 1.35. The Kier molecular flexibility index (Phi) is 12.0. The summed E-state index contributed by atoms with van der Waals surface area (Å²) in [6.07, 6.45) is 10.6. The van der Waals surface area contributed by atoms with Gasteiger partial charge in [0.1, 0.15) is 5.58 Å². The topological polar surface area (TPSA) is 38.9 Å². The third-order valence-corrected chi connectivity index (χ3v) is 12.7. The van der Waals surface area contributed by atoms with Crippen molar-refractivity contribution < 1.29 is 24.5 Å². The fraction of sp³-hybridized carbons (Fsp3) is 0.292. The zero-order valence-corrected chi connectivity index (χ0v) is 35.5. The average Bonchev–Trinajstić information content (AvgIpc) is 3.79. The van der Waals surface area contributed by atoms with Gasteiger partial charge in [-0.1, -0.05) is 124 Å². The third kappa shape index (κ3) is 8.49. The van der Waals surface area contributed by atoms with Gasteiger partial charge >= 0.3 is 0 Å². The molecule has 3 nitrogen and oxygen atoms in total. The van der Waals surface area contributed by atoms with Gasteiger partial charge in [0, 0.05) is 37.9 Å². The maximum Gasteiger partial charge on any atom is 0.121 e. The smallest absolute Gasteiger partial charge is 0.121 e. The van der Waals surface area contributed by atoms with E-state index in [1.807, 2.05) is 30.5 Å². The Labute approximate surface area is 330 Å². The summed E-state index contributed by atoms with van der Waals surface area (Å²) in [5.41, 5.74) is 13.6. The molecule has 273 valence electrons. The molecule has 4 aromatic carbocycles. The van der Waals surface area contributed by atoms with Crippen molar-refractivity contribution in [2.45, 2.75) is 85.4 Å². The van der Waals surface area contributed by atoms with Crippen LogP contribution in [0, 0.1) is 31.9 Å². The molecule has 1 radical (unpaired) electrons. The zero-order chi connectivity index (χ0) is 36.4. The van der Waals surface area contributed by atoms with Crippen molar-refractivity contribution in [3.8, 4) is 33.6 Å². The minimum atomic E-state index is -1.34. The SMILES string of the molecule is CC(C)c1cc(-c2[c-]cccc2)ncc1[Si](C)(C)C.Cc1cccc(C)c1-c1ccc2c(c1)oc1c(-c3cc(CC4CCCC4)ccn3)[c-]ccc12.[Ir]. The standard InChI is InChI=1S/C31H28NO.C17H22NSi.Ir/c1-20-7-5-8-21(2)30(20)24-13-14-25-26-11-6-12-27(31(26)33-29(25)19-24)28-18-23(15-16-32-28)17-22-9-3-4-10-22;1-13(2)15-11-16(14-9-7-6-8-10-14)18-12-17(15)19(3,4)5;/h5-8,11,13-16,18-19,22H,3-4,9-10,17H2,1-2H3;6-9,11-13H,1-5H3;/q2*-1;. The molecule has 5 heteroatoms. The first-order chi connectivity index (χ1) is 25.1. The van der Waals surface area contributed by atoms with E-state index in [2.05, 4.69) is 137 Å². The van der Waals surface area contributed by atoms with E-state index in [0.29, 0.717) is 5.92 Å². The molecule has 1 aliphatic rings. The number of furan rings is 1. The van der Waals surface area contributed by atoms with Crippen LogP contribution in [0.2, 0.25) is 19.6 Å². The van der Waals surface area contributed by atoms with Crippen molar-refractivity contribution in [1.82, 2.24) is 9.97 Å². The molecule has 0 atom stereocenters. The van der Waals surface area contributed by atoms with Crippen LogP contribution in [0.3, 0.4) is 0 Å². The van der Waals surface area contributed by atoms with E-state index in [1.165, 1.54) is 64.3 Å². The fourth-order valence-electron chi connectivity index (χ4n) is 7.92. The number of hydrogen-bond acceptors (Lipinski definition) is 3. The van der Waals surface area contributed by atoms with Gasteiger partial charge in [0.2, 0.25) is 0 Å². The predicted molar refractivity (Wildman–Crippen MR) is 222 cm³/mol. The maximum absolute atomic E-state index is 6.48. The van der Waals surface area contributed by atoms with Gasteiger partial charge in [-0.3, -0.25) is 0 Å². The Morgan fingerprint density at radius 3 is 2.26 bits per heavy atom.